The molecule has 1 aromatic rings. The van der Waals surface area contributed by atoms with Crippen LogP contribution in [0.4, 0.5) is 0 Å². The Kier molecular flexibility index (Phi) is 2.98. The summed E-state index contributed by atoms with van der Waals surface area (Å²) in [7, 11) is 0. The number of phenolic OH excluding ortho intramolecular Hbond substituents is 3. The molecule has 0 unspecified atom stereocenters. The number of carboxylic acids is 1. The van der Waals surface area contributed by atoms with Crippen molar-refractivity contribution in [2.45, 2.75) is 20.3 Å². The summed E-state index contributed by atoms with van der Waals surface area (Å²) in [5.74, 6) is -1.93. The number of phenols is 3. The Labute approximate surface area is 92.6 Å². The molecule has 5 heteroatoms. The lowest BCUT2D eigenvalue weighted by atomic mass is 9.85. The van der Waals surface area contributed by atoms with E-state index in [0.717, 1.165) is 12.1 Å². The van der Waals surface area contributed by atoms with Crippen LogP contribution in [0, 0.1) is 5.41 Å². The summed E-state index contributed by atoms with van der Waals surface area (Å²) in [5, 5.41) is 37.0. The molecule has 88 valence electrons. The lowest BCUT2D eigenvalue weighted by Gasteiger charge is -2.20. The maximum Gasteiger partial charge on any atom is 0.309 e. The van der Waals surface area contributed by atoms with Gasteiger partial charge in [0.2, 0.25) is 0 Å². The van der Waals surface area contributed by atoms with E-state index in [9.17, 15) is 15.0 Å². The van der Waals surface area contributed by atoms with Crippen LogP contribution in [0.3, 0.4) is 0 Å². The summed E-state index contributed by atoms with van der Waals surface area (Å²) in [5.41, 5.74) is -0.989. The lowest BCUT2D eigenvalue weighted by Crippen LogP contribution is -2.26. The minimum Gasteiger partial charge on any atom is -0.508 e. The van der Waals surface area contributed by atoms with E-state index >= 15 is 0 Å². The van der Waals surface area contributed by atoms with Crippen molar-refractivity contribution < 1.29 is 25.2 Å². The van der Waals surface area contributed by atoms with E-state index in [0.29, 0.717) is 0 Å². The Morgan fingerprint density at radius 2 is 1.62 bits per heavy atom. The number of aliphatic carboxylic acids is 1. The molecular weight excluding hydrogens is 212 g/mol. The zero-order valence-corrected chi connectivity index (χ0v) is 9.06. The molecule has 0 heterocycles. The van der Waals surface area contributed by atoms with Crippen molar-refractivity contribution in [1.82, 2.24) is 0 Å². The normalized spacial score (nSPS) is 11.4. The number of rotatable bonds is 3. The number of benzene rings is 1. The first-order valence-electron chi connectivity index (χ1n) is 4.71. The van der Waals surface area contributed by atoms with Gasteiger partial charge in [-0.05, 0) is 20.3 Å². The Morgan fingerprint density at radius 3 is 2.00 bits per heavy atom. The molecule has 0 spiro atoms. The fraction of sp³-hybridized carbons (Fsp3) is 0.364. The maximum atomic E-state index is 10.9. The highest BCUT2D eigenvalue weighted by Crippen LogP contribution is 2.36. The van der Waals surface area contributed by atoms with Gasteiger partial charge in [0.15, 0.2) is 0 Å². The Hall–Kier alpha value is -1.91. The molecule has 16 heavy (non-hydrogen) atoms. The molecule has 0 amide bonds. The van der Waals surface area contributed by atoms with E-state index in [2.05, 4.69) is 0 Å². The summed E-state index contributed by atoms with van der Waals surface area (Å²) in [4.78, 5) is 10.9. The summed E-state index contributed by atoms with van der Waals surface area (Å²) in [6.45, 7) is 2.97. The van der Waals surface area contributed by atoms with Gasteiger partial charge in [-0.3, -0.25) is 4.79 Å². The smallest absolute Gasteiger partial charge is 0.309 e. The van der Waals surface area contributed by atoms with E-state index in [-0.39, 0.29) is 29.2 Å². The zero-order chi connectivity index (χ0) is 12.5. The molecule has 4 N–H and O–H groups in total. The van der Waals surface area contributed by atoms with Crippen LogP contribution < -0.4 is 0 Å². The molecule has 0 atom stereocenters. The summed E-state index contributed by atoms with van der Waals surface area (Å²) in [6, 6.07) is 2.12. The largest absolute Gasteiger partial charge is 0.508 e. The topological polar surface area (TPSA) is 98.0 Å². The van der Waals surface area contributed by atoms with E-state index in [1.54, 1.807) is 0 Å². The zero-order valence-electron chi connectivity index (χ0n) is 9.06. The van der Waals surface area contributed by atoms with Crippen molar-refractivity contribution >= 4 is 5.97 Å². The molecular formula is C11H14O5. The fourth-order valence-corrected chi connectivity index (χ4v) is 1.33. The Morgan fingerprint density at radius 1 is 1.19 bits per heavy atom. The van der Waals surface area contributed by atoms with Crippen molar-refractivity contribution in [3.8, 4) is 17.2 Å². The molecule has 0 saturated carbocycles. The molecule has 1 aromatic carbocycles. The van der Waals surface area contributed by atoms with Gasteiger partial charge in [0.25, 0.3) is 0 Å². The van der Waals surface area contributed by atoms with Crippen LogP contribution in [-0.4, -0.2) is 26.4 Å². The Bertz CT molecular complexity index is 399. The van der Waals surface area contributed by atoms with Crippen LogP contribution in [0.25, 0.3) is 0 Å². The van der Waals surface area contributed by atoms with E-state index < -0.39 is 11.4 Å². The minimum atomic E-state index is -1.11. The van der Waals surface area contributed by atoms with Crippen molar-refractivity contribution in [2.24, 2.45) is 5.41 Å². The van der Waals surface area contributed by atoms with Gasteiger partial charge in [0.1, 0.15) is 17.2 Å². The number of carbonyl (C=O) groups is 1. The standard InChI is InChI=1S/C11H14O5/c1-11(2,10(15)16)5-7-8(13)3-6(12)4-9(7)14/h3-4,12-14H,5H2,1-2H3,(H,15,16). The summed E-state index contributed by atoms with van der Waals surface area (Å²) in [6.07, 6.45) is -0.0275. The van der Waals surface area contributed by atoms with Gasteiger partial charge in [-0.2, -0.15) is 0 Å². The third-order valence-corrected chi connectivity index (χ3v) is 2.39. The highest BCUT2D eigenvalue weighted by molar-refractivity contribution is 5.74. The molecule has 0 aliphatic carbocycles. The van der Waals surface area contributed by atoms with E-state index in [4.69, 9.17) is 10.2 Å². The number of carboxylic acid groups (broad SMARTS) is 1. The van der Waals surface area contributed by atoms with Crippen LogP contribution in [0.15, 0.2) is 12.1 Å². The van der Waals surface area contributed by atoms with E-state index in [1.165, 1.54) is 13.8 Å². The van der Waals surface area contributed by atoms with Crippen LogP contribution in [0.1, 0.15) is 19.4 Å². The fourth-order valence-electron chi connectivity index (χ4n) is 1.33. The molecule has 0 aliphatic rings. The maximum absolute atomic E-state index is 10.9. The third kappa shape index (κ3) is 2.36. The number of aromatic hydroxyl groups is 3. The molecule has 1 rings (SSSR count). The van der Waals surface area contributed by atoms with Gasteiger partial charge in [0.05, 0.1) is 5.41 Å². The summed E-state index contributed by atoms with van der Waals surface area (Å²) < 4.78 is 0. The van der Waals surface area contributed by atoms with Gasteiger partial charge in [-0.1, -0.05) is 0 Å². The third-order valence-electron chi connectivity index (χ3n) is 2.39. The van der Waals surface area contributed by atoms with Crippen molar-refractivity contribution in [1.29, 1.82) is 0 Å². The van der Waals surface area contributed by atoms with Gasteiger partial charge < -0.3 is 20.4 Å². The predicted octanol–water partition coefficient (Wildman–Crippen LogP) is 1.46. The molecule has 0 fully saturated rings. The second-order valence-corrected chi connectivity index (χ2v) is 4.33. The second kappa shape index (κ2) is 3.92. The van der Waals surface area contributed by atoms with Gasteiger partial charge in [0, 0.05) is 17.7 Å². The van der Waals surface area contributed by atoms with Gasteiger partial charge in [-0.25, -0.2) is 0 Å². The predicted molar refractivity (Wildman–Crippen MR) is 56.6 cm³/mol. The van der Waals surface area contributed by atoms with Crippen molar-refractivity contribution in [3.05, 3.63) is 17.7 Å². The first kappa shape index (κ1) is 12.2. The first-order chi connectivity index (χ1) is 7.24. The lowest BCUT2D eigenvalue weighted by molar-refractivity contribution is -0.146. The number of hydrogen-bond acceptors (Lipinski definition) is 4. The average Bonchev–Trinajstić information content (AvgIpc) is 2.11. The SMILES string of the molecule is CC(C)(Cc1c(O)cc(O)cc1O)C(=O)O. The minimum absolute atomic E-state index is 0.0275. The molecule has 0 bridgehead atoms. The highest BCUT2D eigenvalue weighted by Gasteiger charge is 2.30. The molecule has 0 aromatic heterocycles. The molecule has 5 nitrogen and oxygen atoms in total. The van der Waals surface area contributed by atoms with Crippen LogP contribution >= 0.6 is 0 Å². The van der Waals surface area contributed by atoms with Crippen LogP contribution in [0.2, 0.25) is 0 Å². The van der Waals surface area contributed by atoms with Crippen LogP contribution in [-0.2, 0) is 11.2 Å². The molecule has 0 saturated heterocycles. The summed E-state index contributed by atoms with van der Waals surface area (Å²) >= 11 is 0. The number of hydrogen-bond donors (Lipinski definition) is 4. The highest BCUT2D eigenvalue weighted by atomic mass is 16.4. The average molecular weight is 226 g/mol. The first-order valence-corrected chi connectivity index (χ1v) is 4.71. The quantitative estimate of drug-likeness (QED) is 0.625. The second-order valence-electron chi connectivity index (χ2n) is 4.33. The van der Waals surface area contributed by atoms with Crippen molar-refractivity contribution in [3.63, 3.8) is 0 Å². The van der Waals surface area contributed by atoms with Gasteiger partial charge >= 0.3 is 5.97 Å². The Balaban J connectivity index is 3.11. The molecule has 0 aliphatic heterocycles. The molecule has 0 radical (unpaired) electrons. The van der Waals surface area contributed by atoms with Gasteiger partial charge in [-0.15, -0.1) is 0 Å². The van der Waals surface area contributed by atoms with E-state index in [1.807, 2.05) is 0 Å². The van der Waals surface area contributed by atoms with Crippen molar-refractivity contribution in [2.75, 3.05) is 0 Å². The monoisotopic (exact) mass is 226 g/mol. The van der Waals surface area contributed by atoms with Crippen LogP contribution in [0.5, 0.6) is 17.2 Å².